The largest absolute Gasteiger partial charge is 0.545 e. The maximum Gasteiger partial charge on any atom is 0.275 e. The highest BCUT2D eigenvalue weighted by Gasteiger charge is 2.48. The number of allylic oxidation sites excluding steroid dienone is 5. The second kappa shape index (κ2) is 12.6. The fourth-order valence-electron chi connectivity index (χ4n) is 6.80. The zero-order valence-electron chi connectivity index (χ0n) is 26.7. The Bertz CT molecular complexity index is 2230. The number of carbonyl (C=O) groups is 1. The van der Waals surface area contributed by atoms with Gasteiger partial charge in [0.2, 0.25) is 5.71 Å². The first-order chi connectivity index (χ1) is 24.1. The van der Waals surface area contributed by atoms with Crippen LogP contribution in [0, 0.1) is 40.1 Å². The van der Waals surface area contributed by atoms with Crippen LogP contribution >= 0.6 is 7.14 Å². The number of carbonyl (C=O) groups excluding carboxylic acids is 1. The highest BCUT2D eigenvalue weighted by atomic mass is 31.2. The summed E-state index contributed by atoms with van der Waals surface area (Å²) in [4.78, 5) is 14.7. The molecule has 252 valence electrons. The molecular weight excluding hydrogens is 668 g/mol. The van der Waals surface area contributed by atoms with E-state index in [1.54, 1.807) is 66.8 Å². The minimum Gasteiger partial charge on any atom is -0.545 e. The van der Waals surface area contributed by atoms with Gasteiger partial charge < -0.3 is 28.8 Å². The minimum atomic E-state index is -3.83. The van der Waals surface area contributed by atoms with Crippen LogP contribution in [0.25, 0.3) is 5.57 Å². The van der Waals surface area contributed by atoms with Gasteiger partial charge in [-0.2, -0.15) is 10.5 Å². The molecule has 50 heavy (non-hydrogen) atoms. The van der Waals surface area contributed by atoms with Crippen molar-refractivity contribution in [2.24, 2.45) is 0 Å². The quantitative estimate of drug-likeness (QED) is 0.150. The van der Waals surface area contributed by atoms with Gasteiger partial charge in [-0.05, 0) is 35.8 Å². The Hall–Kier alpha value is -5.26. The Kier molecular flexibility index (Phi) is 8.36. The van der Waals surface area contributed by atoms with Crippen LogP contribution in [0.3, 0.4) is 0 Å². The lowest BCUT2D eigenvalue weighted by molar-refractivity contribution is -0.582. The number of rotatable bonds is 8. The number of carboxylic acid groups (broad SMARTS) is 1. The highest BCUT2D eigenvalue weighted by molar-refractivity contribution is 7.83. The van der Waals surface area contributed by atoms with Crippen LogP contribution in [-0.2, 0) is 19.6 Å². The number of benzene rings is 3. The van der Waals surface area contributed by atoms with Crippen LogP contribution in [0.2, 0.25) is 0 Å². The molecule has 13 heteroatoms. The van der Waals surface area contributed by atoms with E-state index in [2.05, 4.69) is 9.48 Å². The second-order valence-corrected chi connectivity index (χ2v) is 14.9. The van der Waals surface area contributed by atoms with Crippen LogP contribution in [0.1, 0.15) is 39.9 Å². The Balaban J connectivity index is 1.65. The molecule has 0 saturated carbocycles. The average molecular weight is 697 g/mol. The van der Waals surface area contributed by atoms with E-state index in [4.69, 9.17) is 9.47 Å². The summed E-state index contributed by atoms with van der Waals surface area (Å²) in [7, 11) is -2.69. The van der Waals surface area contributed by atoms with E-state index < -0.39 is 59.6 Å². The summed E-state index contributed by atoms with van der Waals surface area (Å²) in [5.41, 5.74) is -5.58. The number of aromatic carboxylic acids is 1. The molecule has 1 unspecified atom stereocenters. The summed E-state index contributed by atoms with van der Waals surface area (Å²) in [6.45, 7) is 2.16. The van der Waals surface area contributed by atoms with E-state index in [1.165, 1.54) is 12.1 Å². The molecule has 2 saturated heterocycles. The molecule has 7 rings (SSSR count). The lowest BCUT2D eigenvalue weighted by Crippen LogP contribution is -2.38. The van der Waals surface area contributed by atoms with Crippen molar-refractivity contribution in [3.8, 4) is 12.1 Å². The predicted octanol–water partition coefficient (Wildman–Crippen LogP) is 3.98. The Morgan fingerprint density at radius 3 is 2.32 bits per heavy atom. The van der Waals surface area contributed by atoms with E-state index in [0.29, 0.717) is 5.30 Å². The number of nitrogens with zero attached hydrogens (tertiary/aromatic N) is 4. The third-order valence-corrected chi connectivity index (χ3v) is 12.7. The second-order valence-electron chi connectivity index (χ2n) is 12.2. The van der Waals surface area contributed by atoms with Gasteiger partial charge in [-0.3, -0.25) is 0 Å². The minimum absolute atomic E-state index is 0.0985. The van der Waals surface area contributed by atoms with E-state index >= 15 is 17.7 Å². The van der Waals surface area contributed by atoms with Crippen LogP contribution < -0.4 is 20.6 Å². The Labute approximate surface area is 285 Å². The molecule has 3 aliphatic heterocycles. The van der Waals surface area contributed by atoms with E-state index in [9.17, 15) is 20.4 Å². The van der Waals surface area contributed by atoms with Gasteiger partial charge in [-0.1, -0.05) is 36.4 Å². The van der Waals surface area contributed by atoms with Crippen molar-refractivity contribution in [2.45, 2.75) is 18.4 Å². The number of hydrogen-bond acceptors (Lipinski definition) is 8. The van der Waals surface area contributed by atoms with Crippen molar-refractivity contribution >= 4 is 40.7 Å². The molecule has 1 atom stereocenters. The standard InChI is InChI=1S/C37H28F3N4O5P/c1-48-21-49-37(19-41,20-42)32-33(38)30(31(36(45)46)34(39)35(32)40)29-25-11-9-22(43-13-5-14-43)17-27(25)50(47,24-7-3-2-4-8-24)28-18-23(10-12-26(28)29)44-15-6-16-44/h2-4,7-12,17-18H,5-6,13-16,21H2,1H3. The molecule has 3 aromatic carbocycles. The number of ether oxygens (including phenoxy) is 2. The predicted molar refractivity (Wildman–Crippen MR) is 176 cm³/mol. The van der Waals surface area contributed by atoms with E-state index in [1.807, 2.05) is 0 Å². The molecule has 0 bridgehead atoms. The smallest absolute Gasteiger partial charge is 0.275 e. The number of anilines is 1. The number of nitriles is 2. The zero-order chi connectivity index (χ0) is 35.4. The lowest BCUT2D eigenvalue weighted by Gasteiger charge is -2.38. The SMILES string of the molecule is COCOC(C#N)(C#N)c1c(F)c(F)c(C(=O)[O-])c(C2=C3C=CC(=[N+]4CCC4)C=C3P(=O)(c3ccccc3)c3cc(N4CCC4)ccc32)c1F. The first-order valence-corrected chi connectivity index (χ1v) is 17.5. The van der Waals surface area contributed by atoms with Gasteiger partial charge in [0, 0.05) is 70.7 Å². The third kappa shape index (κ3) is 4.86. The van der Waals surface area contributed by atoms with Crippen molar-refractivity contribution in [1.82, 2.24) is 0 Å². The summed E-state index contributed by atoms with van der Waals surface area (Å²) in [5, 5.41) is 33.6. The lowest BCUT2D eigenvalue weighted by atomic mass is 9.83. The van der Waals surface area contributed by atoms with Crippen LogP contribution in [0.5, 0.6) is 0 Å². The maximum atomic E-state index is 17.2. The van der Waals surface area contributed by atoms with Gasteiger partial charge in [0.05, 0.1) is 18.0 Å². The number of methoxy groups -OCH3 is 1. The summed E-state index contributed by atoms with van der Waals surface area (Å²) in [5.74, 6) is -8.16. The highest BCUT2D eigenvalue weighted by Crippen LogP contribution is 2.62. The number of carboxylic acids is 1. The van der Waals surface area contributed by atoms with E-state index in [-0.39, 0.29) is 27.3 Å². The zero-order valence-corrected chi connectivity index (χ0v) is 27.6. The summed E-state index contributed by atoms with van der Waals surface area (Å²) in [6.07, 6.45) is 6.86. The van der Waals surface area contributed by atoms with Crippen LogP contribution in [-0.4, -0.2) is 56.3 Å². The maximum absolute atomic E-state index is 17.2. The van der Waals surface area contributed by atoms with Gasteiger partial charge in [0.1, 0.15) is 37.8 Å². The third-order valence-electron chi connectivity index (χ3n) is 9.58. The molecule has 3 heterocycles. The summed E-state index contributed by atoms with van der Waals surface area (Å²) in [6, 6.07) is 16.5. The van der Waals surface area contributed by atoms with Crippen molar-refractivity contribution in [3.63, 3.8) is 0 Å². The molecule has 0 amide bonds. The van der Waals surface area contributed by atoms with Crippen LogP contribution in [0.15, 0.2) is 77.6 Å². The molecule has 9 nitrogen and oxygen atoms in total. The fraction of sp³-hybridized carbons (Fsp3) is 0.243. The molecule has 0 spiro atoms. The normalized spacial score (nSPS) is 19.5. The molecule has 2 fully saturated rings. The molecule has 0 radical (unpaired) electrons. The molecule has 3 aromatic rings. The van der Waals surface area contributed by atoms with Gasteiger partial charge in [0.15, 0.2) is 18.8 Å². The van der Waals surface area contributed by atoms with Crippen molar-refractivity contribution in [2.75, 3.05) is 45.0 Å². The van der Waals surface area contributed by atoms with Crippen molar-refractivity contribution in [3.05, 3.63) is 117 Å². The topological polar surface area (TPSA) is 129 Å². The van der Waals surface area contributed by atoms with Gasteiger partial charge in [0.25, 0.3) is 5.60 Å². The van der Waals surface area contributed by atoms with E-state index in [0.717, 1.165) is 57.5 Å². The number of halogens is 3. The Morgan fingerprint density at radius 2 is 1.74 bits per heavy atom. The molecule has 0 N–H and O–H groups in total. The van der Waals surface area contributed by atoms with Gasteiger partial charge in [-0.15, -0.1) is 0 Å². The Morgan fingerprint density at radius 1 is 1.02 bits per heavy atom. The van der Waals surface area contributed by atoms with Crippen LogP contribution in [0.4, 0.5) is 18.9 Å². The number of hydrogen-bond donors (Lipinski definition) is 0. The first-order valence-electron chi connectivity index (χ1n) is 15.8. The van der Waals surface area contributed by atoms with Crippen molar-refractivity contribution < 1.29 is 41.7 Å². The summed E-state index contributed by atoms with van der Waals surface area (Å²) < 4.78 is 77.1. The van der Waals surface area contributed by atoms with Gasteiger partial charge >= 0.3 is 0 Å². The molecular formula is C37H28F3N4O5P. The van der Waals surface area contributed by atoms with Crippen molar-refractivity contribution in [1.29, 1.82) is 10.5 Å². The molecule has 0 aromatic heterocycles. The molecule has 4 aliphatic rings. The summed E-state index contributed by atoms with van der Waals surface area (Å²) >= 11 is 0. The average Bonchev–Trinajstić information content (AvgIpc) is 3.07. The fourth-order valence-corrected chi connectivity index (χ4v) is 9.89. The first kappa shape index (κ1) is 33.2. The number of fused-ring (bicyclic) bond motifs is 2. The monoisotopic (exact) mass is 696 g/mol. The van der Waals surface area contributed by atoms with Gasteiger partial charge in [-0.25, -0.2) is 17.7 Å². The molecule has 1 aliphatic carbocycles.